The number of aliphatic hydroxyl groups is 1. The number of benzene rings is 1. The minimum atomic E-state index is -0.450. The van der Waals surface area contributed by atoms with Crippen LogP contribution < -0.4 is 4.90 Å². The summed E-state index contributed by atoms with van der Waals surface area (Å²) in [4.78, 5) is 4.69. The molecule has 5 atom stereocenters. The Kier molecular flexibility index (Phi) is 5.21. The van der Waals surface area contributed by atoms with E-state index in [0.717, 1.165) is 66.3 Å². The van der Waals surface area contributed by atoms with E-state index in [1.807, 2.05) is 30.3 Å². The normalized spacial score (nSPS) is 34.6. The zero-order valence-electron chi connectivity index (χ0n) is 20.8. The molecule has 4 fully saturated rings. The molecule has 3 aromatic rings. The first kappa shape index (κ1) is 23.0. The molecule has 0 amide bonds. The number of rotatable bonds is 5. The van der Waals surface area contributed by atoms with E-state index in [1.54, 1.807) is 0 Å². The van der Waals surface area contributed by atoms with Gasteiger partial charge in [0.15, 0.2) is 0 Å². The van der Waals surface area contributed by atoms with E-state index < -0.39 is 6.10 Å². The van der Waals surface area contributed by atoms with Gasteiger partial charge in [-0.15, -0.1) is 0 Å². The highest BCUT2D eigenvalue weighted by Crippen LogP contribution is 2.59. The fourth-order valence-electron chi connectivity index (χ4n) is 6.95. The van der Waals surface area contributed by atoms with Gasteiger partial charge in [0.25, 0.3) is 0 Å². The van der Waals surface area contributed by atoms with Crippen LogP contribution in [-0.2, 0) is 15.0 Å². The molecule has 36 heavy (non-hydrogen) atoms. The zero-order chi connectivity index (χ0) is 24.7. The Balaban J connectivity index is 1.14. The first-order chi connectivity index (χ1) is 17.4. The summed E-state index contributed by atoms with van der Waals surface area (Å²) >= 11 is 6.77. The lowest BCUT2D eigenvalue weighted by molar-refractivity contribution is -0.182. The van der Waals surface area contributed by atoms with Gasteiger partial charge in [-0.1, -0.05) is 11.6 Å². The van der Waals surface area contributed by atoms with Gasteiger partial charge < -0.3 is 19.5 Å². The van der Waals surface area contributed by atoms with E-state index in [0.29, 0.717) is 25.2 Å². The van der Waals surface area contributed by atoms with E-state index in [2.05, 4.69) is 33.7 Å². The number of halogens is 1. The Labute approximate surface area is 215 Å². The van der Waals surface area contributed by atoms with Gasteiger partial charge in [0.1, 0.15) is 5.69 Å². The summed E-state index contributed by atoms with van der Waals surface area (Å²) in [5.41, 5.74) is 2.80. The van der Waals surface area contributed by atoms with Crippen molar-refractivity contribution in [2.75, 3.05) is 51.4 Å². The van der Waals surface area contributed by atoms with Crippen LogP contribution >= 0.6 is 11.6 Å². The largest absolute Gasteiger partial charge is 0.389 e. The van der Waals surface area contributed by atoms with Crippen LogP contribution in [0.25, 0.3) is 16.6 Å². The highest BCUT2D eigenvalue weighted by Gasteiger charge is 2.62. The maximum absolute atomic E-state index is 10.5. The number of hydrogen-bond donors (Lipinski definition) is 1. The van der Waals surface area contributed by atoms with Gasteiger partial charge in [-0.3, -0.25) is 9.58 Å². The summed E-state index contributed by atoms with van der Waals surface area (Å²) in [6.45, 7) is 6.46. The highest BCUT2D eigenvalue weighted by molar-refractivity contribution is 6.34. The van der Waals surface area contributed by atoms with Gasteiger partial charge in [0.2, 0.25) is 0 Å². The van der Waals surface area contributed by atoms with Crippen molar-refractivity contribution in [2.45, 2.75) is 49.5 Å². The molecule has 2 aliphatic carbocycles. The van der Waals surface area contributed by atoms with Crippen molar-refractivity contribution in [3.05, 3.63) is 35.7 Å². The lowest BCUT2D eigenvalue weighted by Gasteiger charge is -2.62. The Bertz CT molecular complexity index is 1300. The predicted octanol–water partition coefficient (Wildman–Crippen LogP) is 2.67. The maximum Gasteiger partial charge on any atom is 0.103 e. The van der Waals surface area contributed by atoms with Crippen LogP contribution in [0.4, 0.5) is 5.69 Å². The molecule has 3 unspecified atom stereocenters. The molecule has 4 heterocycles. The fraction of sp³-hybridized carbons (Fsp3) is 0.615. The van der Waals surface area contributed by atoms with E-state index in [4.69, 9.17) is 31.3 Å². The third-order valence-electron chi connectivity index (χ3n) is 9.52. The molecule has 0 radical (unpaired) electrons. The van der Waals surface area contributed by atoms with E-state index >= 15 is 0 Å². The average molecular weight is 513 g/mol. The molecule has 10 heteroatoms. The van der Waals surface area contributed by atoms with Crippen molar-refractivity contribution in [3.63, 3.8) is 0 Å². The minimum Gasteiger partial charge on any atom is -0.389 e. The summed E-state index contributed by atoms with van der Waals surface area (Å²) in [6.07, 6.45) is 9.22. The molecule has 1 aromatic carbocycles. The summed E-state index contributed by atoms with van der Waals surface area (Å²) in [5.74, 6) is 0.563. The van der Waals surface area contributed by atoms with Gasteiger partial charge in [0, 0.05) is 44.6 Å². The van der Waals surface area contributed by atoms with Crippen molar-refractivity contribution in [1.29, 1.82) is 0 Å². The molecule has 9 nitrogen and oxygen atoms in total. The number of aliphatic hydroxyl groups excluding tert-OH is 1. The molecular formula is C26H33ClN6O3. The van der Waals surface area contributed by atoms with Crippen LogP contribution in [0.15, 0.2) is 30.7 Å². The van der Waals surface area contributed by atoms with Crippen molar-refractivity contribution >= 4 is 28.2 Å². The predicted molar refractivity (Wildman–Crippen MR) is 137 cm³/mol. The van der Waals surface area contributed by atoms with Crippen LogP contribution in [0.2, 0.25) is 5.02 Å². The second-order valence-corrected chi connectivity index (χ2v) is 11.6. The molecule has 0 spiro atoms. The van der Waals surface area contributed by atoms with Crippen LogP contribution in [0.1, 0.15) is 26.2 Å². The third-order valence-corrected chi connectivity index (χ3v) is 9.82. The lowest BCUT2D eigenvalue weighted by atomic mass is 9.51. The Morgan fingerprint density at radius 1 is 1.17 bits per heavy atom. The number of methoxy groups -OCH3 is 1. The van der Waals surface area contributed by atoms with E-state index in [9.17, 15) is 5.11 Å². The van der Waals surface area contributed by atoms with Gasteiger partial charge in [-0.25, -0.2) is 4.68 Å². The first-order valence-electron chi connectivity index (χ1n) is 12.9. The van der Waals surface area contributed by atoms with Crippen LogP contribution in [0.3, 0.4) is 0 Å². The molecule has 7 rings (SSSR count). The quantitative estimate of drug-likeness (QED) is 0.563. The molecule has 1 N–H and O–H groups in total. The van der Waals surface area contributed by atoms with E-state index in [1.165, 1.54) is 6.42 Å². The SMILES string of the molecule is COC1CC2(n3cc(-n4ncc5cc(Cl)c(N6CCN([C@]7(C)COC[C@@H]7O)CC6)cc54)cn3)CCC12. The first-order valence-corrected chi connectivity index (χ1v) is 13.3. The summed E-state index contributed by atoms with van der Waals surface area (Å²) < 4.78 is 15.3. The smallest absolute Gasteiger partial charge is 0.103 e. The number of nitrogens with zero attached hydrogens (tertiary/aromatic N) is 6. The number of anilines is 1. The van der Waals surface area contributed by atoms with Crippen molar-refractivity contribution in [1.82, 2.24) is 24.5 Å². The van der Waals surface area contributed by atoms with Crippen LogP contribution in [-0.4, -0.2) is 93.8 Å². The molecule has 2 saturated heterocycles. The fourth-order valence-corrected chi connectivity index (χ4v) is 7.24. The summed E-state index contributed by atoms with van der Waals surface area (Å²) in [6, 6.07) is 4.17. The molecule has 2 aromatic heterocycles. The molecule has 2 saturated carbocycles. The number of piperazine rings is 1. The van der Waals surface area contributed by atoms with Gasteiger partial charge in [0.05, 0.1) is 71.3 Å². The molecule has 4 aliphatic rings. The summed E-state index contributed by atoms with van der Waals surface area (Å²) in [7, 11) is 1.81. The maximum atomic E-state index is 10.5. The number of ether oxygens (including phenoxy) is 2. The number of fused-ring (bicyclic) bond motifs is 2. The topological polar surface area (TPSA) is 80.8 Å². The molecule has 192 valence electrons. The third kappa shape index (κ3) is 3.16. The van der Waals surface area contributed by atoms with Gasteiger partial charge in [-0.2, -0.15) is 10.2 Å². The Morgan fingerprint density at radius 2 is 2.00 bits per heavy atom. The summed E-state index contributed by atoms with van der Waals surface area (Å²) in [5, 5.41) is 21.6. The molecule has 2 aliphatic heterocycles. The molecule has 0 bridgehead atoms. The standard InChI is InChI=1S/C26H33ClN6O3/c1-25(16-36-15-24(25)34)31-7-5-30(6-8-31)22-10-21-17(9-20(22)27)12-29-33(21)18-13-28-32(14-18)26-4-3-19(26)23(11-26)35-2/h9-10,12-14,19,23-24,34H,3-8,11,15-16H2,1-2H3/t19?,23?,24-,25+,26?/m0/s1. The highest BCUT2D eigenvalue weighted by atomic mass is 35.5. The van der Waals surface area contributed by atoms with Crippen LogP contribution in [0.5, 0.6) is 0 Å². The second kappa shape index (κ2) is 8.16. The zero-order valence-corrected chi connectivity index (χ0v) is 21.6. The number of hydrogen-bond acceptors (Lipinski definition) is 7. The average Bonchev–Trinajstić information content (AvgIpc) is 3.59. The van der Waals surface area contributed by atoms with Crippen LogP contribution in [0, 0.1) is 5.92 Å². The Morgan fingerprint density at radius 3 is 2.67 bits per heavy atom. The molecular weight excluding hydrogens is 480 g/mol. The minimum absolute atomic E-state index is 0.116. The van der Waals surface area contributed by atoms with E-state index in [-0.39, 0.29) is 11.1 Å². The van der Waals surface area contributed by atoms with Gasteiger partial charge >= 0.3 is 0 Å². The van der Waals surface area contributed by atoms with Crippen molar-refractivity contribution in [2.24, 2.45) is 5.92 Å². The van der Waals surface area contributed by atoms with Gasteiger partial charge in [-0.05, 0) is 38.3 Å². The monoisotopic (exact) mass is 512 g/mol. The second-order valence-electron chi connectivity index (χ2n) is 11.2. The lowest BCUT2D eigenvalue weighted by Crippen LogP contribution is -2.65. The Hall–Kier alpha value is -2.17. The van der Waals surface area contributed by atoms with Crippen molar-refractivity contribution < 1.29 is 14.6 Å². The van der Waals surface area contributed by atoms with Crippen molar-refractivity contribution in [3.8, 4) is 5.69 Å². The number of aromatic nitrogens is 4.